The van der Waals surface area contributed by atoms with Crippen molar-refractivity contribution < 1.29 is 0 Å². The zero-order valence-corrected chi connectivity index (χ0v) is 15.6. The molecule has 1 atom stereocenters. The van der Waals surface area contributed by atoms with E-state index in [9.17, 15) is 0 Å². The third-order valence-corrected chi connectivity index (χ3v) is 3.99. The molecule has 0 spiro atoms. The Balaban J connectivity index is 0.00000200. The summed E-state index contributed by atoms with van der Waals surface area (Å²) in [6, 6.07) is 6.33. The summed E-state index contributed by atoms with van der Waals surface area (Å²) in [5.74, 6) is 0.651. The molecule has 0 radical (unpaired) electrons. The molecule has 1 aromatic rings. The molecule has 2 nitrogen and oxygen atoms in total. The van der Waals surface area contributed by atoms with E-state index < -0.39 is 0 Å². The molecule has 21 heavy (non-hydrogen) atoms. The average Bonchev–Trinajstić information content (AvgIpc) is 2.35. The Labute approximate surface area is 150 Å². The van der Waals surface area contributed by atoms with Crippen molar-refractivity contribution in [3.8, 4) is 0 Å². The van der Waals surface area contributed by atoms with E-state index in [1.807, 2.05) is 0 Å². The summed E-state index contributed by atoms with van der Waals surface area (Å²) < 4.78 is 0. The van der Waals surface area contributed by atoms with Crippen LogP contribution in [0.3, 0.4) is 0 Å². The van der Waals surface area contributed by atoms with Gasteiger partial charge in [0.15, 0.2) is 0 Å². The highest BCUT2D eigenvalue weighted by molar-refractivity contribution is 6.34. The third-order valence-electron chi connectivity index (χ3n) is 3.56. The second-order valence-electron chi connectivity index (χ2n) is 5.63. The molecule has 1 heterocycles. The Morgan fingerprint density at radius 2 is 1.57 bits per heavy atom. The first-order chi connectivity index (χ1) is 9.06. The van der Waals surface area contributed by atoms with Gasteiger partial charge in [0.1, 0.15) is 0 Å². The normalized spacial score (nSPS) is 17.0. The van der Waals surface area contributed by atoms with Gasteiger partial charge in [-0.1, -0.05) is 37.0 Å². The van der Waals surface area contributed by atoms with Crippen LogP contribution in [0, 0.1) is 5.92 Å². The quantitative estimate of drug-likeness (QED) is 0.812. The summed E-state index contributed by atoms with van der Waals surface area (Å²) in [5, 5.41) is 4.86. The highest BCUT2D eigenvalue weighted by atomic mass is 35.5. The lowest BCUT2D eigenvalue weighted by Crippen LogP contribution is -2.45. The topological polar surface area (TPSA) is 15.3 Å². The predicted octanol–water partition coefficient (Wildman–Crippen LogP) is 4.83. The van der Waals surface area contributed by atoms with E-state index in [1.165, 1.54) is 5.56 Å². The maximum Gasteiger partial charge on any atom is 0.0424 e. The van der Waals surface area contributed by atoms with E-state index in [0.29, 0.717) is 12.0 Å². The molecule has 2 rings (SSSR count). The van der Waals surface area contributed by atoms with Crippen LogP contribution in [0.2, 0.25) is 10.0 Å². The van der Waals surface area contributed by atoms with Gasteiger partial charge >= 0.3 is 0 Å². The van der Waals surface area contributed by atoms with Gasteiger partial charge in [0.2, 0.25) is 0 Å². The first-order valence-corrected chi connectivity index (χ1v) is 7.72. The molecular weight excluding hydrogens is 350 g/mol. The Morgan fingerprint density at radius 3 is 2.05 bits per heavy atom. The molecule has 0 saturated carbocycles. The summed E-state index contributed by atoms with van der Waals surface area (Å²) in [7, 11) is 0. The second-order valence-corrected chi connectivity index (χ2v) is 6.51. The van der Waals surface area contributed by atoms with Crippen molar-refractivity contribution in [2.75, 3.05) is 26.2 Å². The van der Waals surface area contributed by atoms with Gasteiger partial charge in [-0.05, 0) is 36.1 Å². The third kappa shape index (κ3) is 6.52. The number of rotatable bonds is 4. The Kier molecular flexibility index (Phi) is 10.3. The van der Waals surface area contributed by atoms with Gasteiger partial charge in [-0.25, -0.2) is 0 Å². The minimum absolute atomic E-state index is 0. The highest BCUT2D eigenvalue weighted by Crippen LogP contribution is 2.31. The van der Waals surface area contributed by atoms with E-state index in [2.05, 4.69) is 36.2 Å². The molecule has 0 unspecified atom stereocenters. The Morgan fingerprint density at radius 1 is 1.05 bits per heavy atom. The molecule has 1 saturated heterocycles. The van der Waals surface area contributed by atoms with Gasteiger partial charge in [-0.15, -0.1) is 24.8 Å². The fourth-order valence-electron chi connectivity index (χ4n) is 2.70. The van der Waals surface area contributed by atoms with Crippen LogP contribution in [-0.4, -0.2) is 31.1 Å². The smallest absolute Gasteiger partial charge is 0.0424 e. The van der Waals surface area contributed by atoms with Crippen LogP contribution in [0.15, 0.2) is 18.2 Å². The first kappa shape index (κ1) is 21.3. The lowest BCUT2D eigenvalue weighted by Gasteiger charge is -2.36. The largest absolute Gasteiger partial charge is 0.314 e. The Hall–Kier alpha value is 0.300. The van der Waals surface area contributed by atoms with Gasteiger partial charge in [0.25, 0.3) is 0 Å². The van der Waals surface area contributed by atoms with Crippen molar-refractivity contribution >= 4 is 48.0 Å². The molecule has 1 N–H and O–H groups in total. The maximum atomic E-state index is 6.15. The van der Waals surface area contributed by atoms with Crippen LogP contribution in [-0.2, 0) is 0 Å². The monoisotopic (exact) mass is 372 g/mol. The van der Waals surface area contributed by atoms with Crippen LogP contribution in [0.1, 0.15) is 31.9 Å². The molecule has 1 fully saturated rings. The standard InChI is InChI=1S/C15H22Cl2N2.2ClH/c1-11(2)7-15(19-5-3-18-4-6-19)12-8-13(16)10-14(17)9-12;;/h8-11,15,18H,3-7H2,1-2H3;2*1H/t15-;;/m1../s1. The summed E-state index contributed by atoms with van der Waals surface area (Å²) in [4.78, 5) is 2.54. The van der Waals surface area contributed by atoms with E-state index in [4.69, 9.17) is 23.2 Å². The van der Waals surface area contributed by atoms with Gasteiger partial charge in [0, 0.05) is 42.3 Å². The van der Waals surface area contributed by atoms with Crippen molar-refractivity contribution in [1.82, 2.24) is 10.2 Å². The molecular formula is C15H24Cl4N2. The predicted molar refractivity (Wildman–Crippen MR) is 97.6 cm³/mol. The van der Waals surface area contributed by atoms with Crippen molar-refractivity contribution in [2.45, 2.75) is 26.3 Å². The number of nitrogens with one attached hydrogen (secondary N) is 1. The molecule has 122 valence electrons. The van der Waals surface area contributed by atoms with Crippen LogP contribution in [0.5, 0.6) is 0 Å². The van der Waals surface area contributed by atoms with E-state index in [-0.39, 0.29) is 24.8 Å². The minimum atomic E-state index is 0. The van der Waals surface area contributed by atoms with E-state index in [0.717, 1.165) is 42.6 Å². The fraction of sp³-hybridized carbons (Fsp3) is 0.600. The van der Waals surface area contributed by atoms with Crippen LogP contribution in [0.25, 0.3) is 0 Å². The van der Waals surface area contributed by atoms with Gasteiger partial charge < -0.3 is 5.32 Å². The summed E-state index contributed by atoms with van der Waals surface area (Å²) in [6.45, 7) is 8.82. The van der Waals surface area contributed by atoms with Crippen LogP contribution >= 0.6 is 48.0 Å². The van der Waals surface area contributed by atoms with E-state index >= 15 is 0 Å². The molecule has 6 heteroatoms. The molecule has 1 aliphatic heterocycles. The van der Waals surface area contributed by atoms with Crippen molar-refractivity contribution in [1.29, 1.82) is 0 Å². The summed E-state index contributed by atoms with van der Waals surface area (Å²) >= 11 is 12.3. The zero-order chi connectivity index (χ0) is 13.8. The van der Waals surface area contributed by atoms with Crippen molar-refractivity contribution in [3.63, 3.8) is 0 Å². The average molecular weight is 374 g/mol. The lowest BCUT2D eigenvalue weighted by molar-refractivity contribution is 0.154. The fourth-order valence-corrected chi connectivity index (χ4v) is 3.25. The van der Waals surface area contributed by atoms with Gasteiger partial charge in [-0.2, -0.15) is 0 Å². The molecule has 0 aromatic heterocycles. The highest BCUT2D eigenvalue weighted by Gasteiger charge is 2.23. The summed E-state index contributed by atoms with van der Waals surface area (Å²) in [5.41, 5.74) is 1.24. The number of halogens is 4. The number of hydrogen-bond donors (Lipinski definition) is 1. The number of hydrogen-bond acceptors (Lipinski definition) is 2. The number of benzene rings is 1. The zero-order valence-electron chi connectivity index (χ0n) is 12.4. The molecule has 1 aromatic carbocycles. The van der Waals surface area contributed by atoms with Gasteiger partial charge in [-0.3, -0.25) is 4.90 Å². The Bertz CT molecular complexity index is 400. The minimum Gasteiger partial charge on any atom is -0.314 e. The second kappa shape index (κ2) is 10.1. The van der Waals surface area contributed by atoms with Crippen LogP contribution < -0.4 is 5.32 Å². The van der Waals surface area contributed by atoms with E-state index in [1.54, 1.807) is 6.07 Å². The number of piperazine rings is 1. The molecule has 0 aliphatic carbocycles. The number of nitrogens with zero attached hydrogens (tertiary/aromatic N) is 1. The molecule has 0 amide bonds. The van der Waals surface area contributed by atoms with Crippen molar-refractivity contribution in [3.05, 3.63) is 33.8 Å². The first-order valence-electron chi connectivity index (χ1n) is 6.97. The maximum absolute atomic E-state index is 6.15. The van der Waals surface area contributed by atoms with Crippen molar-refractivity contribution in [2.24, 2.45) is 5.92 Å². The summed E-state index contributed by atoms with van der Waals surface area (Å²) in [6.07, 6.45) is 1.14. The van der Waals surface area contributed by atoms with Crippen LogP contribution in [0.4, 0.5) is 0 Å². The SMILES string of the molecule is CC(C)C[C@H](c1cc(Cl)cc(Cl)c1)N1CCNCC1.Cl.Cl. The molecule has 0 bridgehead atoms. The molecule has 1 aliphatic rings. The van der Waals surface area contributed by atoms with Gasteiger partial charge in [0.05, 0.1) is 0 Å². The lowest BCUT2D eigenvalue weighted by atomic mass is 9.95.